The first-order valence-electron chi connectivity index (χ1n) is 6.46. The van der Waals surface area contributed by atoms with Gasteiger partial charge < -0.3 is 9.73 Å². The van der Waals surface area contributed by atoms with Gasteiger partial charge >= 0.3 is 0 Å². The molecule has 0 fully saturated rings. The molecule has 2 aromatic rings. The van der Waals surface area contributed by atoms with Crippen LogP contribution < -0.4 is 5.32 Å². The highest BCUT2D eigenvalue weighted by Gasteiger charge is 2.15. The van der Waals surface area contributed by atoms with Crippen molar-refractivity contribution in [2.24, 2.45) is 0 Å². The van der Waals surface area contributed by atoms with Gasteiger partial charge in [0.25, 0.3) is 0 Å². The van der Waals surface area contributed by atoms with E-state index in [2.05, 4.69) is 26.1 Å². The molecule has 0 atom stereocenters. The van der Waals surface area contributed by atoms with Crippen LogP contribution in [0, 0.1) is 12.7 Å². The van der Waals surface area contributed by atoms with Crippen LogP contribution >= 0.6 is 0 Å². The Balaban J connectivity index is 2.50. The minimum absolute atomic E-state index is 0.195. The first-order valence-corrected chi connectivity index (χ1v) is 6.46. The third-order valence-corrected chi connectivity index (χ3v) is 3.15. The molecule has 0 aliphatic heterocycles. The number of nitrogens with one attached hydrogen (secondary N) is 1. The van der Waals surface area contributed by atoms with E-state index in [1.54, 1.807) is 6.07 Å². The summed E-state index contributed by atoms with van der Waals surface area (Å²) < 4.78 is 19.4. The third-order valence-electron chi connectivity index (χ3n) is 3.15. The van der Waals surface area contributed by atoms with Crippen LogP contribution in [0.2, 0.25) is 0 Å². The molecule has 98 valence electrons. The van der Waals surface area contributed by atoms with Crippen molar-refractivity contribution >= 4 is 11.0 Å². The normalized spacial score (nSPS) is 11.7. The fraction of sp³-hybridized carbons (Fsp3) is 0.467. The molecule has 3 heteroatoms. The lowest BCUT2D eigenvalue weighted by Gasteiger charge is -2.06. The molecule has 0 saturated heterocycles. The number of benzene rings is 1. The lowest BCUT2D eigenvalue weighted by atomic mass is 10.1. The van der Waals surface area contributed by atoms with E-state index in [9.17, 15) is 4.39 Å². The molecule has 0 unspecified atom stereocenters. The molecule has 0 saturated carbocycles. The Labute approximate surface area is 107 Å². The predicted octanol–water partition coefficient (Wildman–Crippen LogP) is 3.94. The maximum Gasteiger partial charge on any atom is 0.137 e. The molecule has 1 aromatic carbocycles. The molecule has 0 amide bonds. The van der Waals surface area contributed by atoms with E-state index in [1.165, 1.54) is 6.07 Å². The number of fused-ring (bicyclic) bond motifs is 1. The third kappa shape index (κ3) is 2.41. The first-order chi connectivity index (χ1) is 8.52. The highest BCUT2D eigenvalue weighted by molar-refractivity contribution is 5.85. The summed E-state index contributed by atoms with van der Waals surface area (Å²) in [5.41, 5.74) is 2.78. The van der Waals surface area contributed by atoms with E-state index in [0.717, 1.165) is 34.3 Å². The first kappa shape index (κ1) is 13.1. The lowest BCUT2D eigenvalue weighted by molar-refractivity contribution is 0.482. The van der Waals surface area contributed by atoms with Crippen molar-refractivity contribution in [2.45, 2.75) is 46.7 Å². The van der Waals surface area contributed by atoms with Crippen molar-refractivity contribution in [1.29, 1.82) is 0 Å². The van der Waals surface area contributed by atoms with E-state index >= 15 is 0 Å². The second-order valence-electron chi connectivity index (χ2n) is 4.99. The summed E-state index contributed by atoms with van der Waals surface area (Å²) >= 11 is 0. The molecule has 1 heterocycles. The summed E-state index contributed by atoms with van der Waals surface area (Å²) in [5, 5.41) is 4.26. The van der Waals surface area contributed by atoms with Gasteiger partial charge in [-0.25, -0.2) is 4.39 Å². The molecule has 0 aliphatic rings. The molecule has 2 rings (SSSR count). The molecule has 0 bridgehead atoms. The summed E-state index contributed by atoms with van der Waals surface area (Å²) in [6, 6.07) is 3.50. The highest BCUT2D eigenvalue weighted by atomic mass is 19.1. The molecule has 2 nitrogen and oxygen atoms in total. The Bertz CT molecular complexity index is 557. The Morgan fingerprint density at radius 2 is 2.06 bits per heavy atom. The SMILES string of the molecule is CCc1c(CNC(C)C)oc2c(C)cc(F)cc12. The van der Waals surface area contributed by atoms with Gasteiger partial charge in [0.1, 0.15) is 17.2 Å². The van der Waals surface area contributed by atoms with Crippen molar-refractivity contribution in [3.05, 3.63) is 34.8 Å². The van der Waals surface area contributed by atoms with Gasteiger partial charge in [-0.05, 0) is 31.0 Å². The molecule has 0 radical (unpaired) electrons. The molecule has 18 heavy (non-hydrogen) atoms. The van der Waals surface area contributed by atoms with Crippen LogP contribution in [0.4, 0.5) is 4.39 Å². The van der Waals surface area contributed by atoms with Crippen LogP contribution in [0.15, 0.2) is 16.5 Å². The summed E-state index contributed by atoms with van der Waals surface area (Å²) in [5.74, 6) is 0.730. The number of aryl methyl sites for hydroxylation is 2. The zero-order chi connectivity index (χ0) is 13.3. The smallest absolute Gasteiger partial charge is 0.137 e. The molecular weight excluding hydrogens is 229 g/mol. The van der Waals surface area contributed by atoms with Gasteiger partial charge in [-0.2, -0.15) is 0 Å². The average Bonchev–Trinajstić information content (AvgIpc) is 2.64. The maximum atomic E-state index is 13.5. The summed E-state index contributed by atoms with van der Waals surface area (Å²) in [4.78, 5) is 0. The number of hydrogen-bond acceptors (Lipinski definition) is 2. The minimum Gasteiger partial charge on any atom is -0.459 e. The van der Waals surface area contributed by atoms with Gasteiger partial charge in [-0.15, -0.1) is 0 Å². The fourth-order valence-electron chi connectivity index (χ4n) is 2.25. The van der Waals surface area contributed by atoms with Crippen LogP contribution in [0.1, 0.15) is 37.7 Å². The van der Waals surface area contributed by atoms with Crippen LogP contribution in [0.5, 0.6) is 0 Å². The Kier molecular flexibility index (Phi) is 3.71. The Hall–Kier alpha value is -1.35. The summed E-state index contributed by atoms with van der Waals surface area (Å²) in [7, 11) is 0. The standard InChI is InChI=1S/C15H20FNO/c1-5-12-13-7-11(16)6-10(4)15(13)18-14(12)8-17-9(2)3/h6-7,9,17H,5,8H2,1-4H3. The second kappa shape index (κ2) is 5.11. The number of rotatable bonds is 4. The van der Waals surface area contributed by atoms with E-state index in [4.69, 9.17) is 4.42 Å². The van der Waals surface area contributed by atoms with Crippen molar-refractivity contribution in [1.82, 2.24) is 5.32 Å². The second-order valence-corrected chi connectivity index (χ2v) is 4.99. The Morgan fingerprint density at radius 1 is 1.33 bits per heavy atom. The van der Waals surface area contributed by atoms with E-state index in [0.29, 0.717) is 12.6 Å². The van der Waals surface area contributed by atoms with Crippen molar-refractivity contribution in [2.75, 3.05) is 0 Å². The van der Waals surface area contributed by atoms with Crippen LogP contribution in [0.3, 0.4) is 0 Å². The van der Waals surface area contributed by atoms with Gasteiger partial charge in [-0.1, -0.05) is 20.8 Å². The minimum atomic E-state index is -0.195. The summed E-state index contributed by atoms with van der Waals surface area (Å²) in [6.45, 7) is 8.84. The zero-order valence-corrected chi connectivity index (χ0v) is 11.4. The fourth-order valence-corrected chi connectivity index (χ4v) is 2.25. The van der Waals surface area contributed by atoms with Gasteiger partial charge in [0.15, 0.2) is 0 Å². The number of halogens is 1. The van der Waals surface area contributed by atoms with Crippen LogP contribution in [-0.2, 0) is 13.0 Å². The quantitative estimate of drug-likeness (QED) is 0.887. The van der Waals surface area contributed by atoms with Crippen molar-refractivity contribution in [3.63, 3.8) is 0 Å². The lowest BCUT2D eigenvalue weighted by Crippen LogP contribution is -2.22. The van der Waals surface area contributed by atoms with E-state index < -0.39 is 0 Å². The summed E-state index contributed by atoms with van der Waals surface area (Å²) in [6.07, 6.45) is 0.852. The van der Waals surface area contributed by atoms with Crippen LogP contribution in [-0.4, -0.2) is 6.04 Å². The molecular formula is C15H20FNO. The highest BCUT2D eigenvalue weighted by Crippen LogP contribution is 2.29. The average molecular weight is 249 g/mol. The molecule has 0 aliphatic carbocycles. The van der Waals surface area contributed by atoms with E-state index in [-0.39, 0.29) is 5.82 Å². The topological polar surface area (TPSA) is 25.2 Å². The van der Waals surface area contributed by atoms with Gasteiger partial charge in [0.2, 0.25) is 0 Å². The van der Waals surface area contributed by atoms with Crippen LogP contribution in [0.25, 0.3) is 11.0 Å². The predicted molar refractivity (Wildman–Crippen MR) is 72.3 cm³/mol. The number of hydrogen-bond donors (Lipinski definition) is 1. The Morgan fingerprint density at radius 3 is 2.67 bits per heavy atom. The van der Waals surface area contributed by atoms with Gasteiger partial charge in [-0.3, -0.25) is 0 Å². The number of furan rings is 1. The van der Waals surface area contributed by atoms with Gasteiger partial charge in [0.05, 0.1) is 6.54 Å². The molecule has 1 aromatic heterocycles. The van der Waals surface area contributed by atoms with Gasteiger partial charge in [0, 0.05) is 17.0 Å². The molecule has 1 N–H and O–H groups in total. The van der Waals surface area contributed by atoms with E-state index in [1.807, 2.05) is 6.92 Å². The maximum absolute atomic E-state index is 13.5. The largest absolute Gasteiger partial charge is 0.459 e. The zero-order valence-electron chi connectivity index (χ0n) is 11.4. The molecule has 0 spiro atoms. The van der Waals surface area contributed by atoms with Crippen molar-refractivity contribution in [3.8, 4) is 0 Å². The van der Waals surface area contributed by atoms with Crippen molar-refractivity contribution < 1.29 is 8.81 Å². The monoisotopic (exact) mass is 249 g/mol.